The maximum Gasteiger partial charge on any atom is 0.335 e. The van der Waals surface area contributed by atoms with Crippen LogP contribution in [0.1, 0.15) is 26.3 Å². The fourth-order valence-corrected chi connectivity index (χ4v) is 1.93. The molecule has 0 saturated carbocycles. The van der Waals surface area contributed by atoms with Crippen LogP contribution in [-0.4, -0.2) is 19.4 Å². The summed E-state index contributed by atoms with van der Waals surface area (Å²) in [4.78, 5) is 11.6. The second kappa shape index (κ2) is 6.53. The van der Waals surface area contributed by atoms with Crippen molar-refractivity contribution in [2.24, 2.45) is 5.41 Å². The summed E-state index contributed by atoms with van der Waals surface area (Å²) < 4.78 is 10.7. The average molecular weight is 262 g/mol. The number of carbonyl (C=O) groups excluding carboxylic acids is 1. The summed E-state index contributed by atoms with van der Waals surface area (Å²) in [5.41, 5.74) is 1.24. The van der Waals surface area contributed by atoms with Crippen LogP contribution in [0.25, 0.3) is 0 Å². The standard InChI is InChI=1S/C16H22O3/c1-12(2)14(17)19-15(18-5)16(3,4)11-13-9-7-6-8-10-13/h6-10,15H,1,11H2,2-5H3. The normalized spacial score (nSPS) is 12.8. The molecule has 0 amide bonds. The fourth-order valence-electron chi connectivity index (χ4n) is 1.93. The molecule has 0 N–H and O–H groups in total. The molecule has 1 rings (SSSR count). The molecular weight excluding hydrogens is 240 g/mol. The number of benzene rings is 1. The minimum atomic E-state index is -0.600. The number of esters is 1. The van der Waals surface area contributed by atoms with E-state index in [4.69, 9.17) is 9.47 Å². The molecule has 1 aromatic rings. The predicted molar refractivity (Wildman–Crippen MR) is 75.6 cm³/mol. The maximum absolute atomic E-state index is 11.6. The van der Waals surface area contributed by atoms with Gasteiger partial charge in [0.1, 0.15) is 0 Å². The highest BCUT2D eigenvalue weighted by Crippen LogP contribution is 2.29. The number of hydrogen-bond donors (Lipinski definition) is 0. The van der Waals surface area contributed by atoms with Crippen LogP contribution in [0, 0.1) is 5.41 Å². The van der Waals surface area contributed by atoms with Gasteiger partial charge in [-0.15, -0.1) is 0 Å². The van der Waals surface area contributed by atoms with Crippen LogP contribution in [0.3, 0.4) is 0 Å². The molecule has 3 heteroatoms. The first kappa shape index (κ1) is 15.4. The zero-order valence-electron chi connectivity index (χ0n) is 12.1. The van der Waals surface area contributed by atoms with E-state index in [9.17, 15) is 4.79 Å². The van der Waals surface area contributed by atoms with E-state index in [1.165, 1.54) is 5.56 Å². The van der Waals surface area contributed by atoms with E-state index in [0.717, 1.165) is 6.42 Å². The lowest BCUT2D eigenvalue weighted by atomic mass is 9.85. The molecule has 0 bridgehead atoms. The molecular formula is C16H22O3. The zero-order valence-corrected chi connectivity index (χ0v) is 12.1. The van der Waals surface area contributed by atoms with E-state index >= 15 is 0 Å². The number of methoxy groups -OCH3 is 1. The quantitative estimate of drug-likeness (QED) is 0.448. The molecule has 0 radical (unpaired) electrons. The lowest BCUT2D eigenvalue weighted by molar-refractivity contribution is -0.193. The molecule has 3 nitrogen and oxygen atoms in total. The summed E-state index contributed by atoms with van der Waals surface area (Å²) in [5.74, 6) is -0.423. The third-order valence-electron chi connectivity index (χ3n) is 2.92. The Bertz CT molecular complexity index is 435. The van der Waals surface area contributed by atoms with Crippen molar-refractivity contribution in [3.8, 4) is 0 Å². The average Bonchev–Trinajstić information content (AvgIpc) is 2.35. The Hall–Kier alpha value is -1.61. The number of carbonyl (C=O) groups is 1. The molecule has 0 aliphatic rings. The third-order valence-corrected chi connectivity index (χ3v) is 2.92. The van der Waals surface area contributed by atoms with Crippen LogP contribution in [0.15, 0.2) is 42.5 Å². The van der Waals surface area contributed by atoms with Gasteiger partial charge in [0.2, 0.25) is 6.29 Å². The molecule has 0 spiro atoms. The SMILES string of the molecule is C=C(C)C(=O)OC(OC)C(C)(C)Cc1ccccc1. The second-order valence-corrected chi connectivity index (χ2v) is 5.40. The van der Waals surface area contributed by atoms with Crippen LogP contribution < -0.4 is 0 Å². The minimum Gasteiger partial charge on any atom is -0.432 e. The molecule has 0 heterocycles. The molecule has 1 unspecified atom stereocenters. The third kappa shape index (κ3) is 4.52. The largest absolute Gasteiger partial charge is 0.432 e. The first-order valence-electron chi connectivity index (χ1n) is 6.30. The van der Waals surface area contributed by atoms with Gasteiger partial charge in [0, 0.05) is 18.1 Å². The van der Waals surface area contributed by atoms with Crippen molar-refractivity contribution in [1.29, 1.82) is 0 Å². The van der Waals surface area contributed by atoms with Gasteiger partial charge in [0.05, 0.1) is 0 Å². The molecule has 1 aromatic carbocycles. The summed E-state index contributed by atoms with van der Waals surface area (Å²) in [5, 5.41) is 0. The molecule has 0 aliphatic heterocycles. The highest BCUT2D eigenvalue weighted by Gasteiger charge is 2.33. The topological polar surface area (TPSA) is 35.5 Å². The second-order valence-electron chi connectivity index (χ2n) is 5.40. The molecule has 0 aromatic heterocycles. The van der Waals surface area contributed by atoms with Gasteiger partial charge in [0.25, 0.3) is 0 Å². The van der Waals surface area contributed by atoms with Gasteiger partial charge in [-0.2, -0.15) is 0 Å². The van der Waals surface area contributed by atoms with Crippen molar-refractivity contribution in [1.82, 2.24) is 0 Å². The number of ether oxygens (including phenoxy) is 2. The van der Waals surface area contributed by atoms with Gasteiger partial charge in [-0.05, 0) is 18.9 Å². The lowest BCUT2D eigenvalue weighted by Crippen LogP contribution is -2.37. The highest BCUT2D eigenvalue weighted by molar-refractivity contribution is 5.87. The van der Waals surface area contributed by atoms with E-state index < -0.39 is 12.3 Å². The van der Waals surface area contributed by atoms with E-state index in [1.807, 2.05) is 32.0 Å². The lowest BCUT2D eigenvalue weighted by Gasteiger charge is -2.32. The Kier molecular flexibility index (Phi) is 5.31. The van der Waals surface area contributed by atoms with E-state index in [-0.39, 0.29) is 5.41 Å². The summed E-state index contributed by atoms with van der Waals surface area (Å²) in [6.45, 7) is 9.23. The van der Waals surface area contributed by atoms with E-state index in [2.05, 4.69) is 18.7 Å². The first-order chi connectivity index (χ1) is 8.86. The first-order valence-corrected chi connectivity index (χ1v) is 6.30. The maximum atomic E-state index is 11.6. The van der Waals surface area contributed by atoms with Gasteiger partial charge in [-0.25, -0.2) is 4.79 Å². The predicted octanol–water partition coefficient (Wildman–Crippen LogP) is 3.35. The van der Waals surface area contributed by atoms with Gasteiger partial charge >= 0.3 is 5.97 Å². The zero-order chi connectivity index (χ0) is 14.5. The monoisotopic (exact) mass is 262 g/mol. The van der Waals surface area contributed by atoms with Crippen molar-refractivity contribution in [3.05, 3.63) is 48.0 Å². The van der Waals surface area contributed by atoms with Crippen molar-refractivity contribution < 1.29 is 14.3 Å². The Morgan fingerprint density at radius 2 is 1.89 bits per heavy atom. The minimum absolute atomic E-state index is 0.318. The molecule has 19 heavy (non-hydrogen) atoms. The summed E-state index contributed by atoms with van der Waals surface area (Å²) in [6, 6.07) is 10.1. The van der Waals surface area contributed by atoms with Gasteiger partial charge in [0.15, 0.2) is 0 Å². The number of rotatable bonds is 6. The number of hydrogen-bond acceptors (Lipinski definition) is 3. The Morgan fingerprint density at radius 3 is 2.37 bits per heavy atom. The van der Waals surface area contributed by atoms with E-state index in [1.54, 1.807) is 14.0 Å². The van der Waals surface area contributed by atoms with Crippen LogP contribution in [0.2, 0.25) is 0 Å². The molecule has 0 saturated heterocycles. The van der Waals surface area contributed by atoms with Gasteiger partial charge in [-0.1, -0.05) is 50.8 Å². The summed E-state index contributed by atoms with van der Waals surface area (Å²) in [7, 11) is 1.54. The Morgan fingerprint density at radius 1 is 1.32 bits per heavy atom. The summed E-state index contributed by atoms with van der Waals surface area (Å²) >= 11 is 0. The molecule has 104 valence electrons. The fraction of sp³-hybridized carbons (Fsp3) is 0.438. The van der Waals surface area contributed by atoms with Crippen LogP contribution in [-0.2, 0) is 20.7 Å². The van der Waals surface area contributed by atoms with Crippen LogP contribution in [0.4, 0.5) is 0 Å². The smallest absolute Gasteiger partial charge is 0.335 e. The van der Waals surface area contributed by atoms with Crippen LogP contribution in [0.5, 0.6) is 0 Å². The van der Waals surface area contributed by atoms with Crippen molar-refractivity contribution in [2.75, 3.05) is 7.11 Å². The van der Waals surface area contributed by atoms with Gasteiger partial charge < -0.3 is 9.47 Å². The van der Waals surface area contributed by atoms with Crippen molar-refractivity contribution in [3.63, 3.8) is 0 Å². The van der Waals surface area contributed by atoms with Crippen LogP contribution >= 0.6 is 0 Å². The molecule has 1 atom stereocenters. The summed E-state index contributed by atoms with van der Waals surface area (Å²) in [6.07, 6.45) is 0.160. The molecule has 0 aliphatic carbocycles. The highest BCUT2D eigenvalue weighted by atomic mass is 16.7. The molecule has 0 fully saturated rings. The Balaban J connectivity index is 2.78. The van der Waals surface area contributed by atoms with Gasteiger partial charge in [-0.3, -0.25) is 0 Å². The Labute approximate surface area is 115 Å². The van der Waals surface area contributed by atoms with Crippen molar-refractivity contribution >= 4 is 5.97 Å². The van der Waals surface area contributed by atoms with Crippen molar-refractivity contribution in [2.45, 2.75) is 33.5 Å². The van der Waals surface area contributed by atoms with E-state index in [0.29, 0.717) is 5.57 Å².